The van der Waals surface area contributed by atoms with Crippen molar-refractivity contribution in [3.8, 4) is 22.6 Å². The average Bonchev–Trinajstić information content (AvgIpc) is 3.59. The standard InChI is InChI=1S/C31H42N2O3/c1-6-22(31(34)33-25-13-9-10-14-25)19-27-20(2)30(36-5)28(21(3)29(27)35-4)23-15-17-26(18-16-23)32-24-11-7-8-12-24/h15-19,24-25,32H,6-14H2,1-5H3,(H,33,34)/b22-19+. The molecule has 2 fully saturated rings. The summed E-state index contributed by atoms with van der Waals surface area (Å²) in [6.45, 7) is 6.15. The van der Waals surface area contributed by atoms with Gasteiger partial charge >= 0.3 is 0 Å². The maximum Gasteiger partial charge on any atom is 0.247 e. The second-order valence-corrected chi connectivity index (χ2v) is 10.3. The number of amides is 1. The molecule has 36 heavy (non-hydrogen) atoms. The number of carbonyl (C=O) groups excluding carboxylic acids is 1. The molecule has 0 spiro atoms. The molecule has 0 atom stereocenters. The summed E-state index contributed by atoms with van der Waals surface area (Å²) in [4.78, 5) is 13.1. The summed E-state index contributed by atoms with van der Waals surface area (Å²) in [6, 6.07) is 9.50. The van der Waals surface area contributed by atoms with Crippen molar-refractivity contribution in [1.29, 1.82) is 0 Å². The lowest BCUT2D eigenvalue weighted by molar-refractivity contribution is -0.118. The summed E-state index contributed by atoms with van der Waals surface area (Å²) >= 11 is 0. The molecule has 0 radical (unpaired) electrons. The zero-order valence-corrected chi connectivity index (χ0v) is 22.6. The number of hydrogen-bond donors (Lipinski definition) is 2. The fourth-order valence-electron chi connectivity index (χ4n) is 5.90. The predicted octanol–water partition coefficient (Wildman–Crippen LogP) is 7.19. The Bertz CT molecular complexity index is 1090. The molecule has 0 aliphatic heterocycles. The van der Waals surface area contributed by atoms with Crippen LogP contribution < -0.4 is 20.1 Å². The quantitative estimate of drug-likeness (QED) is 0.365. The third kappa shape index (κ3) is 5.55. The fourth-order valence-corrected chi connectivity index (χ4v) is 5.90. The van der Waals surface area contributed by atoms with E-state index in [-0.39, 0.29) is 5.91 Å². The Morgan fingerprint density at radius 1 is 0.889 bits per heavy atom. The minimum Gasteiger partial charge on any atom is -0.496 e. The number of ether oxygens (including phenoxy) is 2. The van der Waals surface area contributed by atoms with Gasteiger partial charge in [-0.3, -0.25) is 4.79 Å². The normalized spacial score (nSPS) is 16.9. The molecule has 5 nitrogen and oxygen atoms in total. The molecular weight excluding hydrogens is 448 g/mol. The molecule has 1 amide bonds. The summed E-state index contributed by atoms with van der Waals surface area (Å²) in [5.41, 5.74) is 6.94. The number of hydrogen-bond acceptors (Lipinski definition) is 4. The van der Waals surface area contributed by atoms with Crippen LogP contribution in [0.2, 0.25) is 0 Å². The monoisotopic (exact) mass is 490 g/mol. The molecule has 2 saturated carbocycles. The van der Waals surface area contributed by atoms with Gasteiger partial charge in [0.15, 0.2) is 0 Å². The maximum absolute atomic E-state index is 13.1. The van der Waals surface area contributed by atoms with Crippen molar-refractivity contribution in [1.82, 2.24) is 5.32 Å². The minimum absolute atomic E-state index is 0.0249. The first-order valence-corrected chi connectivity index (χ1v) is 13.6. The topological polar surface area (TPSA) is 59.6 Å². The molecule has 0 aromatic heterocycles. The zero-order valence-electron chi connectivity index (χ0n) is 22.6. The number of benzene rings is 2. The van der Waals surface area contributed by atoms with Gasteiger partial charge < -0.3 is 20.1 Å². The van der Waals surface area contributed by atoms with Crippen LogP contribution in [0.4, 0.5) is 5.69 Å². The van der Waals surface area contributed by atoms with Crippen molar-refractivity contribution in [2.24, 2.45) is 0 Å². The molecule has 194 valence electrons. The van der Waals surface area contributed by atoms with Gasteiger partial charge in [-0.25, -0.2) is 0 Å². The first kappa shape index (κ1) is 26.1. The summed E-state index contributed by atoms with van der Waals surface area (Å²) < 4.78 is 11.9. The van der Waals surface area contributed by atoms with Crippen LogP contribution in [0, 0.1) is 13.8 Å². The van der Waals surface area contributed by atoms with E-state index in [0.29, 0.717) is 18.5 Å². The summed E-state index contributed by atoms with van der Waals surface area (Å²) in [6.07, 6.45) is 12.3. The van der Waals surface area contributed by atoms with E-state index in [1.807, 2.05) is 19.9 Å². The Morgan fingerprint density at radius 3 is 2.03 bits per heavy atom. The first-order valence-electron chi connectivity index (χ1n) is 13.6. The molecule has 5 heteroatoms. The molecule has 2 aliphatic rings. The summed E-state index contributed by atoms with van der Waals surface area (Å²) in [7, 11) is 3.42. The van der Waals surface area contributed by atoms with Gasteiger partial charge in [0.25, 0.3) is 0 Å². The predicted molar refractivity (Wildman–Crippen MR) is 149 cm³/mol. The van der Waals surface area contributed by atoms with Gasteiger partial charge in [0.1, 0.15) is 11.5 Å². The molecule has 0 bridgehead atoms. The van der Waals surface area contributed by atoms with Crippen LogP contribution in [0.3, 0.4) is 0 Å². The summed E-state index contributed by atoms with van der Waals surface area (Å²) in [5, 5.41) is 6.90. The summed E-state index contributed by atoms with van der Waals surface area (Å²) in [5.74, 6) is 1.63. The second kappa shape index (κ2) is 11.9. The maximum atomic E-state index is 13.1. The van der Waals surface area contributed by atoms with E-state index in [2.05, 4.69) is 41.8 Å². The van der Waals surface area contributed by atoms with Crippen molar-refractivity contribution < 1.29 is 14.3 Å². The lowest BCUT2D eigenvalue weighted by Gasteiger charge is -2.22. The molecule has 0 unspecified atom stereocenters. The van der Waals surface area contributed by atoms with Gasteiger partial charge in [-0.2, -0.15) is 0 Å². The van der Waals surface area contributed by atoms with Gasteiger partial charge in [-0.1, -0.05) is 44.7 Å². The van der Waals surface area contributed by atoms with E-state index in [9.17, 15) is 4.79 Å². The largest absolute Gasteiger partial charge is 0.496 e. The first-order chi connectivity index (χ1) is 17.5. The highest BCUT2D eigenvalue weighted by molar-refractivity contribution is 5.99. The van der Waals surface area contributed by atoms with Gasteiger partial charge in [-0.15, -0.1) is 0 Å². The van der Waals surface area contributed by atoms with Crippen LogP contribution in [0.15, 0.2) is 29.8 Å². The van der Waals surface area contributed by atoms with Crippen molar-refractivity contribution >= 4 is 17.7 Å². The number of carbonyl (C=O) groups is 1. The van der Waals surface area contributed by atoms with Crippen molar-refractivity contribution in [2.75, 3.05) is 19.5 Å². The van der Waals surface area contributed by atoms with E-state index >= 15 is 0 Å². The Labute approximate surface area is 216 Å². The Kier molecular flexibility index (Phi) is 8.60. The Balaban J connectivity index is 1.69. The van der Waals surface area contributed by atoms with E-state index in [4.69, 9.17) is 9.47 Å². The second-order valence-electron chi connectivity index (χ2n) is 10.3. The van der Waals surface area contributed by atoms with Gasteiger partial charge in [0.2, 0.25) is 5.91 Å². The average molecular weight is 491 g/mol. The smallest absolute Gasteiger partial charge is 0.247 e. The van der Waals surface area contributed by atoms with Crippen LogP contribution in [-0.4, -0.2) is 32.2 Å². The Hall–Kier alpha value is -2.95. The molecular formula is C31H42N2O3. The van der Waals surface area contributed by atoms with Crippen molar-refractivity contribution in [3.63, 3.8) is 0 Å². The zero-order chi connectivity index (χ0) is 25.7. The van der Waals surface area contributed by atoms with Crippen LogP contribution in [0.5, 0.6) is 11.5 Å². The van der Waals surface area contributed by atoms with Crippen molar-refractivity contribution in [3.05, 3.63) is 46.5 Å². The Morgan fingerprint density at radius 2 is 1.47 bits per heavy atom. The highest BCUT2D eigenvalue weighted by Crippen LogP contribution is 2.45. The van der Waals surface area contributed by atoms with Crippen LogP contribution in [0.25, 0.3) is 17.2 Å². The third-order valence-corrected chi connectivity index (χ3v) is 7.92. The van der Waals surface area contributed by atoms with Crippen LogP contribution in [-0.2, 0) is 4.79 Å². The molecule has 0 heterocycles. The molecule has 0 saturated heterocycles. The molecule has 2 aliphatic carbocycles. The van der Waals surface area contributed by atoms with Gasteiger partial charge in [0.05, 0.1) is 14.2 Å². The highest BCUT2D eigenvalue weighted by atomic mass is 16.5. The molecule has 4 rings (SSSR count). The van der Waals surface area contributed by atoms with Crippen molar-refractivity contribution in [2.45, 2.75) is 90.6 Å². The number of anilines is 1. The molecule has 2 aromatic carbocycles. The third-order valence-electron chi connectivity index (χ3n) is 7.92. The number of methoxy groups -OCH3 is 2. The molecule has 2 N–H and O–H groups in total. The molecule has 2 aromatic rings. The fraction of sp³-hybridized carbons (Fsp3) is 0.516. The SMILES string of the molecule is CC/C(=C\c1c(C)c(OC)c(-c2ccc(NC3CCCC3)cc2)c(C)c1OC)C(=O)NC1CCCC1. The number of nitrogens with one attached hydrogen (secondary N) is 2. The van der Waals surface area contributed by atoms with E-state index in [1.165, 1.54) is 38.5 Å². The van der Waals surface area contributed by atoms with E-state index < -0.39 is 0 Å². The van der Waals surface area contributed by atoms with Crippen LogP contribution in [0.1, 0.15) is 81.4 Å². The van der Waals surface area contributed by atoms with Gasteiger partial charge in [-0.05, 0) is 69.7 Å². The lowest BCUT2D eigenvalue weighted by Crippen LogP contribution is -2.33. The van der Waals surface area contributed by atoms with Crippen LogP contribution >= 0.6 is 0 Å². The van der Waals surface area contributed by atoms with E-state index in [1.54, 1.807) is 14.2 Å². The number of rotatable bonds is 9. The van der Waals surface area contributed by atoms with Gasteiger partial charge in [0, 0.05) is 45.6 Å². The lowest BCUT2D eigenvalue weighted by atomic mass is 9.90. The highest BCUT2D eigenvalue weighted by Gasteiger charge is 2.24. The minimum atomic E-state index is 0.0249. The van der Waals surface area contributed by atoms with E-state index in [0.717, 1.165) is 63.4 Å².